The Labute approximate surface area is 160 Å². The second kappa shape index (κ2) is 6.43. The third-order valence-electron chi connectivity index (χ3n) is 5.16. The first-order valence-corrected chi connectivity index (χ1v) is 9.06. The minimum atomic E-state index is 0.00534. The van der Waals surface area contributed by atoms with Crippen LogP contribution in [-0.4, -0.2) is 37.3 Å². The third kappa shape index (κ3) is 2.76. The van der Waals surface area contributed by atoms with Crippen molar-refractivity contribution in [3.63, 3.8) is 0 Å². The molecule has 0 radical (unpaired) electrons. The molecule has 0 saturated carbocycles. The Bertz CT molecular complexity index is 1240. The fourth-order valence-electron chi connectivity index (χ4n) is 3.76. The zero-order chi connectivity index (χ0) is 19.1. The number of fused-ring (bicyclic) bond motifs is 3. The van der Waals surface area contributed by atoms with E-state index in [1.54, 1.807) is 24.7 Å². The van der Waals surface area contributed by atoms with Gasteiger partial charge in [-0.1, -0.05) is 6.07 Å². The van der Waals surface area contributed by atoms with Gasteiger partial charge in [0.1, 0.15) is 5.82 Å². The van der Waals surface area contributed by atoms with Crippen LogP contribution >= 0.6 is 0 Å². The van der Waals surface area contributed by atoms with Crippen LogP contribution < -0.4 is 0 Å². The quantitative estimate of drug-likeness (QED) is 0.599. The first kappa shape index (κ1) is 16.4. The van der Waals surface area contributed by atoms with Crippen LogP contribution in [-0.2, 0) is 11.3 Å². The van der Waals surface area contributed by atoms with E-state index in [-0.39, 0.29) is 11.8 Å². The molecular weight excluding hydrogens is 352 g/mol. The van der Waals surface area contributed by atoms with Crippen molar-refractivity contribution >= 4 is 27.8 Å². The summed E-state index contributed by atoms with van der Waals surface area (Å²) in [5.41, 5.74) is 3.99. The van der Waals surface area contributed by atoms with Crippen molar-refractivity contribution in [3.8, 4) is 6.07 Å². The van der Waals surface area contributed by atoms with E-state index < -0.39 is 0 Å². The van der Waals surface area contributed by atoms with Gasteiger partial charge in [-0.2, -0.15) is 5.26 Å². The lowest BCUT2D eigenvalue weighted by Crippen LogP contribution is -2.24. The van der Waals surface area contributed by atoms with Crippen molar-refractivity contribution in [1.29, 1.82) is 5.26 Å². The number of nitrogens with one attached hydrogen (secondary N) is 1. The Morgan fingerprint density at radius 1 is 1.29 bits per heavy atom. The number of rotatable bonds is 3. The van der Waals surface area contributed by atoms with E-state index in [2.05, 4.69) is 21.0 Å². The van der Waals surface area contributed by atoms with Crippen LogP contribution in [0.2, 0.25) is 0 Å². The summed E-state index contributed by atoms with van der Waals surface area (Å²) < 4.78 is 0. The molecular formula is C21H16N6O. The molecule has 4 aromatic rings. The molecule has 1 atom stereocenters. The molecule has 0 spiro atoms. The van der Waals surface area contributed by atoms with Crippen molar-refractivity contribution in [3.05, 3.63) is 65.9 Å². The molecule has 0 bridgehead atoms. The first-order valence-electron chi connectivity index (χ1n) is 9.06. The van der Waals surface area contributed by atoms with Crippen molar-refractivity contribution in [2.75, 3.05) is 6.54 Å². The summed E-state index contributed by atoms with van der Waals surface area (Å²) >= 11 is 0. The number of nitrogens with zero attached hydrogens (tertiary/aromatic N) is 5. The van der Waals surface area contributed by atoms with Crippen LogP contribution in [0.25, 0.3) is 21.9 Å². The van der Waals surface area contributed by atoms with Crippen LogP contribution in [0.3, 0.4) is 0 Å². The largest absolute Gasteiger partial charge is 0.340 e. The molecule has 28 heavy (non-hydrogen) atoms. The lowest BCUT2D eigenvalue weighted by Gasteiger charge is -2.15. The molecule has 0 aliphatic carbocycles. The number of H-pyrrole nitrogens is 1. The number of imidazole rings is 1. The lowest BCUT2D eigenvalue weighted by atomic mass is 10.1. The smallest absolute Gasteiger partial charge is 0.223 e. The van der Waals surface area contributed by atoms with E-state index in [0.717, 1.165) is 33.3 Å². The van der Waals surface area contributed by atoms with E-state index >= 15 is 0 Å². The molecule has 1 aliphatic rings. The first-order chi connectivity index (χ1) is 13.7. The van der Waals surface area contributed by atoms with Gasteiger partial charge in [0, 0.05) is 43.2 Å². The predicted octanol–water partition coefficient (Wildman–Crippen LogP) is 2.89. The van der Waals surface area contributed by atoms with Gasteiger partial charge >= 0.3 is 0 Å². The summed E-state index contributed by atoms with van der Waals surface area (Å²) in [6.45, 7) is 1.17. The number of amides is 1. The average Bonchev–Trinajstić information content (AvgIpc) is 3.32. The SMILES string of the molecule is N#Cc1ccc2ncc3[nH]c([C@@H]4CC(=O)N(Cc5cccnc5)C4)nc3c2c1. The van der Waals surface area contributed by atoms with Crippen LogP contribution in [0.1, 0.15) is 29.3 Å². The number of aromatic nitrogens is 4. The second-order valence-corrected chi connectivity index (χ2v) is 7.02. The molecule has 1 saturated heterocycles. The van der Waals surface area contributed by atoms with E-state index in [1.807, 2.05) is 29.2 Å². The number of hydrogen-bond acceptors (Lipinski definition) is 5. The number of carbonyl (C=O) groups is 1. The number of carbonyl (C=O) groups excluding carboxylic acids is 1. The molecule has 1 aliphatic heterocycles. The van der Waals surface area contributed by atoms with Gasteiger partial charge in [-0.3, -0.25) is 14.8 Å². The van der Waals surface area contributed by atoms with Crippen LogP contribution in [0.4, 0.5) is 0 Å². The number of likely N-dealkylation sites (tertiary alicyclic amines) is 1. The average molecular weight is 368 g/mol. The summed E-state index contributed by atoms with van der Waals surface area (Å²) in [5.74, 6) is 0.906. The maximum absolute atomic E-state index is 12.5. The Hall–Kier alpha value is -3.79. The maximum Gasteiger partial charge on any atom is 0.223 e. The van der Waals surface area contributed by atoms with Crippen LogP contribution in [0.15, 0.2) is 48.9 Å². The number of benzene rings is 1. The van der Waals surface area contributed by atoms with E-state index in [1.165, 1.54) is 0 Å². The Balaban J connectivity index is 1.47. The second-order valence-electron chi connectivity index (χ2n) is 7.02. The zero-order valence-electron chi connectivity index (χ0n) is 15.0. The Kier molecular flexibility index (Phi) is 3.76. The standard InChI is InChI=1S/C21H16N6O/c22-8-13-3-4-17-16(6-13)20-18(10-24-17)25-21(26-20)15-7-19(28)27(12-15)11-14-2-1-5-23-9-14/h1-6,9-10,15H,7,11-12H2,(H,25,26)/t15-/m1/s1. The number of nitriles is 1. The summed E-state index contributed by atoms with van der Waals surface area (Å²) in [6.07, 6.45) is 5.69. The molecule has 3 aromatic heterocycles. The fraction of sp³-hybridized carbons (Fsp3) is 0.190. The minimum Gasteiger partial charge on any atom is -0.340 e. The number of pyridine rings is 2. The molecule has 1 amide bonds. The molecule has 4 heterocycles. The van der Waals surface area contributed by atoms with Crippen molar-refractivity contribution in [2.24, 2.45) is 0 Å². The topological polar surface area (TPSA) is 98.6 Å². The third-order valence-corrected chi connectivity index (χ3v) is 5.16. The molecule has 7 nitrogen and oxygen atoms in total. The van der Waals surface area contributed by atoms with Gasteiger partial charge in [-0.15, -0.1) is 0 Å². The number of aromatic amines is 1. The van der Waals surface area contributed by atoms with E-state index in [4.69, 9.17) is 4.98 Å². The summed E-state index contributed by atoms with van der Waals surface area (Å²) in [4.78, 5) is 31.0. The van der Waals surface area contributed by atoms with Gasteiger partial charge in [0.25, 0.3) is 0 Å². The van der Waals surface area contributed by atoms with Crippen LogP contribution in [0, 0.1) is 11.3 Å². The highest BCUT2D eigenvalue weighted by atomic mass is 16.2. The lowest BCUT2D eigenvalue weighted by molar-refractivity contribution is -0.128. The molecule has 0 unspecified atom stereocenters. The Morgan fingerprint density at radius 3 is 3.04 bits per heavy atom. The summed E-state index contributed by atoms with van der Waals surface area (Å²) in [5, 5.41) is 10.0. The predicted molar refractivity (Wildman–Crippen MR) is 103 cm³/mol. The maximum atomic E-state index is 12.5. The summed E-state index contributed by atoms with van der Waals surface area (Å²) in [6, 6.07) is 11.4. The van der Waals surface area contributed by atoms with Gasteiger partial charge in [-0.25, -0.2) is 4.98 Å². The normalized spacial score (nSPS) is 16.8. The molecule has 136 valence electrons. The van der Waals surface area contributed by atoms with Gasteiger partial charge < -0.3 is 9.88 Å². The molecule has 1 fully saturated rings. The minimum absolute atomic E-state index is 0.00534. The number of hydrogen-bond donors (Lipinski definition) is 1. The highest BCUT2D eigenvalue weighted by molar-refractivity contribution is 6.02. The van der Waals surface area contributed by atoms with E-state index in [0.29, 0.717) is 25.1 Å². The van der Waals surface area contributed by atoms with Crippen molar-refractivity contribution in [1.82, 2.24) is 24.8 Å². The van der Waals surface area contributed by atoms with Gasteiger partial charge in [0.05, 0.1) is 34.4 Å². The van der Waals surface area contributed by atoms with Crippen LogP contribution in [0.5, 0.6) is 0 Å². The molecule has 5 rings (SSSR count). The zero-order valence-corrected chi connectivity index (χ0v) is 15.0. The fourth-order valence-corrected chi connectivity index (χ4v) is 3.76. The van der Waals surface area contributed by atoms with Gasteiger partial charge in [0.15, 0.2) is 0 Å². The summed E-state index contributed by atoms with van der Waals surface area (Å²) in [7, 11) is 0. The van der Waals surface area contributed by atoms with Gasteiger partial charge in [0.2, 0.25) is 5.91 Å². The molecule has 7 heteroatoms. The van der Waals surface area contributed by atoms with Gasteiger partial charge in [-0.05, 0) is 29.8 Å². The molecule has 1 N–H and O–H groups in total. The monoisotopic (exact) mass is 368 g/mol. The van der Waals surface area contributed by atoms with Crippen molar-refractivity contribution in [2.45, 2.75) is 18.9 Å². The highest BCUT2D eigenvalue weighted by Gasteiger charge is 2.32. The van der Waals surface area contributed by atoms with Crippen molar-refractivity contribution < 1.29 is 4.79 Å². The Morgan fingerprint density at radius 2 is 2.21 bits per heavy atom. The van der Waals surface area contributed by atoms with E-state index in [9.17, 15) is 10.1 Å². The highest BCUT2D eigenvalue weighted by Crippen LogP contribution is 2.30. The molecule has 1 aromatic carbocycles.